The Balaban J connectivity index is 1.46. The van der Waals surface area contributed by atoms with E-state index in [1.54, 1.807) is 11.8 Å². The van der Waals surface area contributed by atoms with Gasteiger partial charge in [0.2, 0.25) is 0 Å². The van der Waals surface area contributed by atoms with Crippen LogP contribution in [0.4, 0.5) is 0 Å². The van der Waals surface area contributed by atoms with E-state index in [2.05, 4.69) is 10.3 Å². The first-order chi connectivity index (χ1) is 12.8. The summed E-state index contributed by atoms with van der Waals surface area (Å²) in [7, 11) is 0. The molecule has 4 nitrogen and oxygen atoms in total. The molecule has 132 valence electrons. The molecule has 4 rings (SSSR count). The van der Waals surface area contributed by atoms with Gasteiger partial charge in [-0.25, -0.2) is 4.98 Å². The zero-order valence-corrected chi connectivity index (χ0v) is 15.2. The Morgan fingerprint density at radius 3 is 2.69 bits per heavy atom. The minimum absolute atomic E-state index is 0.00603. The summed E-state index contributed by atoms with van der Waals surface area (Å²) in [6.45, 7) is 0.590. The molecule has 0 saturated heterocycles. The molecule has 1 aliphatic rings. The van der Waals surface area contributed by atoms with E-state index in [4.69, 9.17) is 4.74 Å². The molecule has 1 aromatic heterocycles. The number of amides is 1. The zero-order valence-electron chi connectivity index (χ0n) is 14.4. The number of hydrogen-bond acceptors (Lipinski definition) is 4. The Morgan fingerprint density at radius 1 is 1.12 bits per heavy atom. The summed E-state index contributed by atoms with van der Waals surface area (Å²) in [6.07, 6.45) is 2.15. The lowest BCUT2D eigenvalue weighted by atomic mass is 10.1. The largest absolute Gasteiger partial charge is 0.493 e. The summed E-state index contributed by atoms with van der Waals surface area (Å²) in [4.78, 5) is 17.3. The number of fused-ring (bicyclic) bond motifs is 1. The van der Waals surface area contributed by atoms with E-state index in [-0.39, 0.29) is 5.91 Å². The molecule has 0 unspecified atom stereocenters. The van der Waals surface area contributed by atoms with Crippen molar-refractivity contribution in [3.05, 3.63) is 66.2 Å². The van der Waals surface area contributed by atoms with Crippen molar-refractivity contribution in [2.75, 3.05) is 12.4 Å². The molecule has 0 aliphatic heterocycles. The molecule has 0 spiro atoms. The lowest BCUT2D eigenvalue weighted by Crippen LogP contribution is -2.25. The average Bonchev–Trinajstić information content (AvgIpc) is 3.49. The normalized spacial score (nSPS) is 13.5. The lowest BCUT2D eigenvalue weighted by molar-refractivity contribution is 0.0952. The van der Waals surface area contributed by atoms with E-state index < -0.39 is 0 Å². The first-order valence-corrected chi connectivity index (χ1v) is 9.79. The topological polar surface area (TPSA) is 51.2 Å². The van der Waals surface area contributed by atoms with Crippen molar-refractivity contribution in [1.82, 2.24) is 10.3 Å². The van der Waals surface area contributed by atoms with Crippen LogP contribution in [0.3, 0.4) is 0 Å². The van der Waals surface area contributed by atoms with Crippen molar-refractivity contribution < 1.29 is 9.53 Å². The minimum atomic E-state index is -0.00603. The van der Waals surface area contributed by atoms with Crippen LogP contribution < -0.4 is 10.1 Å². The summed E-state index contributed by atoms with van der Waals surface area (Å²) in [6, 6.07) is 19.8. The van der Waals surface area contributed by atoms with Crippen molar-refractivity contribution >= 4 is 28.6 Å². The Kier molecular flexibility index (Phi) is 5.07. The number of benzene rings is 2. The van der Waals surface area contributed by atoms with Crippen LogP contribution in [0.1, 0.15) is 23.2 Å². The van der Waals surface area contributed by atoms with Gasteiger partial charge in [0.05, 0.1) is 22.7 Å². The van der Waals surface area contributed by atoms with E-state index in [0.29, 0.717) is 18.2 Å². The SMILES string of the molecule is O=C(NC1CC1)c1cc(SCCOc2ccccc2)nc2ccccc12. The van der Waals surface area contributed by atoms with E-state index in [0.717, 1.165) is 40.3 Å². The zero-order chi connectivity index (χ0) is 17.8. The van der Waals surface area contributed by atoms with Gasteiger partial charge in [-0.3, -0.25) is 4.79 Å². The second-order valence-electron chi connectivity index (χ2n) is 6.28. The molecule has 2 aromatic carbocycles. The third-order valence-corrected chi connectivity index (χ3v) is 5.07. The third kappa shape index (κ3) is 4.17. The van der Waals surface area contributed by atoms with Crippen LogP contribution in [-0.2, 0) is 0 Å². The fraction of sp³-hybridized carbons (Fsp3) is 0.238. The molecule has 1 amide bonds. The van der Waals surface area contributed by atoms with E-state index in [9.17, 15) is 4.79 Å². The minimum Gasteiger partial charge on any atom is -0.493 e. The molecule has 1 fully saturated rings. The Morgan fingerprint density at radius 2 is 1.88 bits per heavy atom. The van der Waals surface area contributed by atoms with Crippen LogP contribution in [0, 0.1) is 0 Å². The molecule has 1 N–H and O–H groups in total. The van der Waals surface area contributed by atoms with Crippen molar-refractivity contribution in [2.45, 2.75) is 23.9 Å². The first-order valence-electron chi connectivity index (χ1n) is 8.81. The second kappa shape index (κ2) is 7.79. The maximum atomic E-state index is 12.6. The molecule has 26 heavy (non-hydrogen) atoms. The molecule has 0 atom stereocenters. The van der Waals surface area contributed by atoms with Gasteiger partial charge in [0, 0.05) is 17.2 Å². The van der Waals surface area contributed by atoms with Crippen LogP contribution in [0.5, 0.6) is 5.75 Å². The maximum absolute atomic E-state index is 12.6. The molecule has 1 saturated carbocycles. The van der Waals surface area contributed by atoms with Crippen molar-refractivity contribution in [3.8, 4) is 5.75 Å². The third-order valence-electron chi connectivity index (χ3n) is 4.20. The fourth-order valence-electron chi connectivity index (χ4n) is 2.73. The quantitative estimate of drug-likeness (QED) is 0.502. The van der Waals surface area contributed by atoms with Crippen LogP contribution in [-0.4, -0.2) is 29.3 Å². The Hall–Kier alpha value is -2.53. The second-order valence-corrected chi connectivity index (χ2v) is 7.40. The maximum Gasteiger partial charge on any atom is 0.252 e. The molecule has 1 heterocycles. The number of nitrogens with one attached hydrogen (secondary N) is 1. The molecule has 0 radical (unpaired) electrons. The molecule has 1 aliphatic carbocycles. The predicted octanol–water partition coefficient (Wildman–Crippen LogP) is 4.30. The number of para-hydroxylation sites is 2. The number of carbonyl (C=O) groups excluding carboxylic acids is 1. The number of ether oxygens (including phenoxy) is 1. The number of carbonyl (C=O) groups is 1. The summed E-state index contributed by atoms with van der Waals surface area (Å²) >= 11 is 1.60. The summed E-state index contributed by atoms with van der Waals surface area (Å²) in [5.74, 6) is 1.63. The van der Waals surface area contributed by atoms with Gasteiger partial charge < -0.3 is 10.1 Å². The van der Waals surface area contributed by atoms with E-state index in [1.807, 2.05) is 60.7 Å². The molecule has 5 heteroatoms. The highest BCUT2D eigenvalue weighted by Gasteiger charge is 2.25. The average molecular weight is 364 g/mol. The highest BCUT2D eigenvalue weighted by atomic mass is 32.2. The Labute approximate surface area is 157 Å². The number of rotatable bonds is 7. The van der Waals surface area contributed by atoms with Crippen LogP contribution in [0.15, 0.2) is 65.7 Å². The van der Waals surface area contributed by atoms with Crippen molar-refractivity contribution in [3.63, 3.8) is 0 Å². The van der Waals surface area contributed by atoms with Gasteiger partial charge in [0.25, 0.3) is 5.91 Å². The van der Waals surface area contributed by atoms with Gasteiger partial charge in [0.1, 0.15) is 5.75 Å². The van der Waals surface area contributed by atoms with Gasteiger partial charge in [-0.2, -0.15) is 0 Å². The van der Waals surface area contributed by atoms with Gasteiger partial charge >= 0.3 is 0 Å². The summed E-state index contributed by atoms with van der Waals surface area (Å²) in [5.41, 5.74) is 1.55. The standard InChI is InChI=1S/C21H20N2O2S/c24-21(22-15-10-11-15)18-14-20(23-19-9-5-4-8-17(18)19)26-13-12-25-16-6-2-1-3-7-16/h1-9,14-15H,10-13H2,(H,22,24). The monoisotopic (exact) mass is 364 g/mol. The highest BCUT2D eigenvalue weighted by Crippen LogP contribution is 2.26. The number of hydrogen-bond donors (Lipinski definition) is 1. The molecular weight excluding hydrogens is 344 g/mol. The molecule has 3 aromatic rings. The van der Waals surface area contributed by atoms with E-state index >= 15 is 0 Å². The number of aromatic nitrogens is 1. The van der Waals surface area contributed by atoms with Gasteiger partial charge in [-0.15, -0.1) is 11.8 Å². The van der Waals surface area contributed by atoms with Crippen LogP contribution >= 0.6 is 11.8 Å². The van der Waals surface area contributed by atoms with Gasteiger partial charge in [0.15, 0.2) is 0 Å². The first kappa shape index (κ1) is 16.9. The van der Waals surface area contributed by atoms with Crippen molar-refractivity contribution in [2.24, 2.45) is 0 Å². The number of thioether (sulfide) groups is 1. The fourth-order valence-corrected chi connectivity index (χ4v) is 3.47. The summed E-state index contributed by atoms with van der Waals surface area (Å²) in [5, 5.41) is 4.82. The smallest absolute Gasteiger partial charge is 0.252 e. The Bertz CT molecular complexity index is 910. The van der Waals surface area contributed by atoms with Crippen LogP contribution in [0.2, 0.25) is 0 Å². The van der Waals surface area contributed by atoms with Crippen LogP contribution in [0.25, 0.3) is 10.9 Å². The predicted molar refractivity (Wildman–Crippen MR) is 105 cm³/mol. The van der Waals surface area contributed by atoms with E-state index in [1.165, 1.54) is 0 Å². The number of nitrogens with zero attached hydrogens (tertiary/aromatic N) is 1. The number of pyridine rings is 1. The highest BCUT2D eigenvalue weighted by molar-refractivity contribution is 7.99. The summed E-state index contributed by atoms with van der Waals surface area (Å²) < 4.78 is 5.73. The van der Waals surface area contributed by atoms with Gasteiger partial charge in [-0.1, -0.05) is 36.4 Å². The lowest BCUT2D eigenvalue weighted by Gasteiger charge is -2.10. The molecular formula is C21H20N2O2S. The van der Waals surface area contributed by atoms with Gasteiger partial charge in [-0.05, 0) is 37.1 Å². The molecule has 0 bridgehead atoms. The van der Waals surface area contributed by atoms with Crippen molar-refractivity contribution in [1.29, 1.82) is 0 Å².